The Morgan fingerprint density at radius 1 is 1.53 bits per heavy atom. The molecule has 2 unspecified atom stereocenters. The Morgan fingerprint density at radius 3 is 2.95 bits per heavy atom. The summed E-state index contributed by atoms with van der Waals surface area (Å²) in [7, 11) is 2.08. The lowest BCUT2D eigenvalue weighted by atomic mass is 10.1. The first-order valence-corrected chi connectivity index (χ1v) is 7.22. The van der Waals surface area contributed by atoms with E-state index in [1.807, 2.05) is 6.20 Å². The van der Waals surface area contributed by atoms with Crippen LogP contribution in [0.2, 0.25) is 0 Å². The third-order valence-corrected chi connectivity index (χ3v) is 3.67. The molecule has 1 fully saturated rings. The maximum absolute atomic E-state index is 5.66. The topological polar surface area (TPSA) is 37.4 Å². The van der Waals surface area contributed by atoms with Gasteiger partial charge in [0.05, 0.1) is 6.10 Å². The first kappa shape index (κ1) is 14.3. The highest BCUT2D eigenvalue weighted by atomic mass is 16.5. The number of anilines is 1. The minimum absolute atomic E-state index is 0.357. The summed E-state index contributed by atoms with van der Waals surface area (Å²) in [6, 6.07) is 4.61. The van der Waals surface area contributed by atoms with Crippen LogP contribution < -0.4 is 10.2 Å². The number of nitrogens with one attached hydrogen (secondary N) is 1. The van der Waals surface area contributed by atoms with E-state index in [9.17, 15) is 0 Å². The molecule has 1 N–H and O–H groups in total. The second-order valence-corrected chi connectivity index (χ2v) is 5.24. The van der Waals surface area contributed by atoms with E-state index in [4.69, 9.17) is 4.74 Å². The van der Waals surface area contributed by atoms with Gasteiger partial charge in [-0.15, -0.1) is 0 Å². The number of ether oxygens (including phenoxy) is 1. The maximum atomic E-state index is 5.66. The summed E-state index contributed by atoms with van der Waals surface area (Å²) in [6.07, 6.45) is 4.69. The molecule has 19 heavy (non-hydrogen) atoms. The largest absolute Gasteiger partial charge is 0.376 e. The van der Waals surface area contributed by atoms with Gasteiger partial charge in [0.2, 0.25) is 0 Å². The van der Waals surface area contributed by atoms with E-state index in [-0.39, 0.29) is 0 Å². The highest BCUT2D eigenvalue weighted by Crippen LogP contribution is 2.18. The molecule has 0 radical (unpaired) electrons. The lowest BCUT2D eigenvalue weighted by Crippen LogP contribution is -2.29. The Balaban J connectivity index is 1.93. The molecule has 1 aliphatic rings. The monoisotopic (exact) mass is 263 g/mol. The highest BCUT2D eigenvalue weighted by molar-refractivity contribution is 5.39. The van der Waals surface area contributed by atoms with Crippen molar-refractivity contribution in [3.8, 4) is 0 Å². The molecule has 0 aliphatic carbocycles. The molecule has 0 spiro atoms. The average Bonchev–Trinajstić information content (AvgIpc) is 2.92. The predicted molar refractivity (Wildman–Crippen MR) is 78.6 cm³/mol. The molecule has 0 saturated carbocycles. The minimum Gasteiger partial charge on any atom is -0.376 e. The van der Waals surface area contributed by atoms with Crippen LogP contribution in [0.25, 0.3) is 0 Å². The number of aromatic nitrogens is 1. The summed E-state index contributed by atoms with van der Waals surface area (Å²) in [5, 5.41) is 3.40. The Hall–Kier alpha value is -1.13. The van der Waals surface area contributed by atoms with Crippen LogP contribution in [-0.2, 0) is 4.74 Å². The van der Waals surface area contributed by atoms with E-state index in [0.717, 1.165) is 25.5 Å². The van der Waals surface area contributed by atoms with Crippen molar-refractivity contribution in [1.82, 2.24) is 10.3 Å². The zero-order valence-corrected chi connectivity index (χ0v) is 12.2. The third kappa shape index (κ3) is 3.91. The van der Waals surface area contributed by atoms with Crippen molar-refractivity contribution < 1.29 is 4.74 Å². The Bertz CT molecular complexity index is 373. The van der Waals surface area contributed by atoms with Crippen LogP contribution in [0.5, 0.6) is 0 Å². The zero-order valence-electron chi connectivity index (χ0n) is 12.2. The number of hydrogen-bond acceptors (Lipinski definition) is 4. The molecule has 2 atom stereocenters. The normalized spacial score (nSPS) is 20.5. The quantitative estimate of drug-likeness (QED) is 0.855. The molecular weight excluding hydrogens is 238 g/mol. The summed E-state index contributed by atoms with van der Waals surface area (Å²) in [5.74, 6) is 1.02. The molecule has 4 heteroatoms. The van der Waals surface area contributed by atoms with Gasteiger partial charge in [0.1, 0.15) is 5.82 Å². The number of rotatable bonds is 6. The Kier molecular flexibility index (Phi) is 5.16. The van der Waals surface area contributed by atoms with Crippen LogP contribution in [0.4, 0.5) is 5.82 Å². The van der Waals surface area contributed by atoms with E-state index in [1.165, 1.54) is 18.4 Å². The van der Waals surface area contributed by atoms with Crippen LogP contribution in [0.1, 0.15) is 38.3 Å². The summed E-state index contributed by atoms with van der Waals surface area (Å²) in [6.45, 7) is 7.09. The first-order valence-electron chi connectivity index (χ1n) is 7.22. The van der Waals surface area contributed by atoms with Gasteiger partial charge >= 0.3 is 0 Å². The minimum atomic E-state index is 0.357. The van der Waals surface area contributed by atoms with Crippen molar-refractivity contribution in [2.45, 2.75) is 38.8 Å². The maximum Gasteiger partial charge on any atom is 0.128 e. The van der Waals surface area contributed by atoms with Gasteiger partial charge < -0.3 is 15.0 Å². The second kappa shape index (κ2) is 6.87. The molecular formula is C15H25N3O. The van der Waals surface area contributed by atoms with Gasteiger partial charge in [-0.25, -0.2) is 4.98 Å². The second-order valence-electron chi connectivity index (χ2n) is 5.24. The van der Waals surface area contributed by atoms with E-state index in [2.05, 4.69) is 48.2 Å². The van der Waals surface area contributed by atoms with Crippen LogP contribution in [-0.4, -0.2) is 37.8 Å². The Morgan fingerprint density at radius 2 is 2.37 bits per heavy atom. The van der Waals surface area contributed by atoms with Gasteiger partial charge in [-0.05, 0) is 37.9 Å². The average molecular weight is 263 g/mol. The smallest absolute Gasteiger partial charge is 0.128 e. The van der Waals surface area contributed by atoms with Crippen molar-refractivity contribution in [3.05, 3.63) is 23.9 Å². The molecule has 1 aromatic rings. The van der Waals surface area contributed by atoms with Crippen molar-refractivity contribution in [2.24, 2.45) is 0 Å². The van der Waals surface area contributed by atoms with Gasteiger partial charge in [-0.3, -0.25) is 0 Å². The number of hydrogen-bond donors (Lipinski definition) is 1. The van der Waals surface area contributed by atoms with Crippen molar-refractivity contribution >= 4 is 5.82 Å². The van der Waals surface area contributed by atoms with E-state index in [1.54, 1.807) is 0 Å². The molecule has 1 aromatic heterocycles. The predicted octanol–water partition coefficient (Wildman–Crippen LogP) is 2.37. The van der Waals surface area contributed by atoms with E-state index >= 15 is 0 Å². The van der Waals surface area contributed by atoms with Crippen molar-refractivity contribution in [1.29, 1.82) is 0 Å². The van der Waals surface area contributed by atoms with Gasteiger partial charge in [-0.2, -0.15) is 0 Å². The van der Waals surface area contributed by atoms with Crippen molar-refractivity contribution in [3.63, 3.8) is 0 Å². The summed E-state index contributed by atoms with van der Waals surface area (Å²) in [5.41, 5.74) is 1.23. The van der Waals surface area contributed by atoms with Gasteiger partial charge in [0.25, 0.3) is 0 Å². The molecule has 0 aromatic carbocycles. The summed E-state index contributed by atoms with van der Waals surface area (Å²) in [4.78, 5) is 6.73. The molecule has 4 nitrogen and oxygen atoms in total. The number of likely N-dealkylation sites (N-methyl/N-ethyl adjacent to an activating group) is 1. The molecule has 1 saturated heterocycles. The van der Waals surface area contributed by atoms with E-state index < -0.39 is 0 Å². The van der Waals surface area contributed by atoms with Crippen molar-refractivity contribution in [2.75, 3.05) is 31.6 Å². The highest BCUT2D eigenvalue weighted by Gasteiger charge is 2.18. The summed E-state index contributed by atoms with van der Waals surface area (Å²) < 4.78 is 5.66. The summed E-state index contributed by atoms with van der Waals surface area (Å²) >= 11 is 0. The Labute approximate surface area is 116 Å². The molecule has 106 valence electrons. The molecule has 0 bridgehead atoms. The van der Waals surface area contributed by atoms with Gasteiger partial charge in [-0.1, -0.05) is 13.0 Å². The molecule has 1 aliphatic heterocycles. The fourth-order valence-electron chi connectivity index (χ4n) is 2.49. The van der Waals surface area contributed by atoms with Gasteiger partial charge in [0, 0.05) is 32.4 Å². The molecule has 2 rings (SSSR count). The van der Waals surface area contributed by atoms with Crippen LogP contribution >= 0.6 is 0 Å². The molecule has 2 heterocycles. The number of pyridine rings is 1. The third-order valence-electron chi connectivity index (χ3n) is 3.67. The van der Waals surface area contributed by atoms with Crippen LogP contribution in [0.3, 0.4) is 0 Å². The fraction of sp³-hybridized carbons (Fsp3) is 0.667. The number of nitrogens with zero attached hydrogens (tertiary/aromatic N) is 2. The lowest BCUT2D eigenvalue weighted by Gasteiger charge is -2.22. The lowest BCUT2D eigenvalue weighted by molar-refractivity contribution is 0.116. The van der Waals surface area contributed by atoms with Crippen LogP contribution in [0.15, 0.2) is 18.3 Å². The van der Waals surface area contributed by atoms with Crippen LogP contribution in [0, 0.1) is 0 Å². The SMILES string of the molecule is CCNC(C)c1ccc(N(C)CC2CCCO2)nc1. The standard InChI is InChI=1S/C15H25N3O/c1-4-16-12(2)13-7-8-15(17-10-13)18(3)11-14-6-5-9-19-14/h7-8,10,12,14,16H,4-6,9,11H2,1-3H3. The fourth-order valence-corrected chi connectivity index (χ4v) is 2.49. The molecule has 0 amide bonds. The van der Waals surface area contributed by atoms with E-state index in [0.29, 0.717) is 12.1 Å². The first-order chi connectivity index (χ1) is 9.20. The zero-order chi connectivity index (χ0) is 13.7. The van der Waals surface area contributed by atoms with Gasteiger partial charge in [0.15, 0.2) is 0 Å².